The SMILES string of the molecule is Cc1ccc([N+](=O)[O-])cc1CC(O)C(=O)O. The van der Waals surface area contributed by atoms with E-state index in [9.17, 15) is 14.9 Å². The average Bonchev–Trinajstić information content (AvgIpc) is 2.20. The van der Waals surface area contributed by atoms with Gasteiger partial charge in [-0.3, -0.25) is 10.1 Å². The van der Waals surface area contributed by atoms with Crippen LogP contribution in [0.15, 0.2) is 18.2 Å². The molecule has 1 rings (SSSR count). The highest BCUT2D eigenvalue weighted by atomic mass is 16.6. The van der Waals surface area contributed by atoms with Crippen LogP contribution in [0.1, 0.15) is 11.1 Å². The molecule has 0 heterocycles. The van der Waals surface area contributed by atoms with E-state index >= 15 is 0 Å². The molecule has 6 nitrogen and oxygen atoms in total. The first-order valence-electron chi connectivity index (χ1n) is 4.56. The number of aliphatic hydroxyl groups excluding tert-OH is 1. The maximum absolute atomic E-state index is 10.5. The number of carboxylic acid groups (broad SMARTS) is 1. The standard InChI is InChI=1S/C10H11NO5/c1-6-2-3-8(11(15)16)4-7(6)5-9(12)10(13)14/h2-4,9,12H,5H2,1H3,(H,13,14). The third-order valence-electron chi connectivity index (χ3n) is 2.24. The van der Waals surface area contributed by atoms with Crippen molar-refractivity contribution in [1.82, 2.24) is 0 Å². The van der Waals surface area contributed by atoms with Gasteiger partial charge in [-0.2, -0.15) is 0 Å². The highest BCUT2D eigenvalue weighted by Crippen LogP contribution is 2.18. The lowest BCUT2D eigenvalue weighted by molar-refractivity contribution is -0.384. The number of carbonyl (C=O) groups is 1. The van der Waals surface area contributed by atoms with Gasteiger partial charge in [0.25, 0.3) is 5.69 Å². The number of hydrogen-bond donors (Lipinski definition) is 2. The first-order valence-corrected chi connectivity index (χ1v) is 4.56. The summed E-state index contributed by atoms with van der Waals surface area (Å²) in [5.74, 6) is -1.34. The lowest BCUT2D eigenvalue weighted by Gasteiger charge is -2.08. The Labute approximate surface area is 91.3 Å². The summed E-state index contributed by atoms with van der Waals surface area (Å²) in [5.41, 5.74) is 1.06. The second kappa shape index (κ2) is 4.71. The average molecular weight is 225 g/mol. The van der Waals surface area contributed by atoms with Crippen molar-refractivity contribution in [3.8, 4) is 0 Å². The Morgan fingerprint density at radius 1 is 1.56 bits per heavy atom. The van der Waals surface area contributed by atoms with E-state index in [-0.39, 0.29) is 12.1 Å². The molecule has 0 bridgehead atoms. The van der Waals surface area contributed by atoms with Crippen molar-refractivity contribution in [2.45, 2.75) is 19.4 Å². The van der Waals surface area contributed by atoms with E-state index in [1.54, 1.807) is 6.92 Å². The van der Waals surface area contributed by atoms with Crippen LogP contribution >= 0.6 is 0 Å². The molecule has 1 atom stereocenters. The molecular formula is C10H11NO5. The van der Waals surface area contributed by atoms with E-state index in [0.29, 0.717) is 11.1 Å². The highest BCUT2D eigenvalue weighted by Gasteiger charge is 2.17. The van der Waals surface area contributed by atoms with Crippen LogP contribution in [0.25, 0.3) is 0 Å². The second-order valence-corrected chi connectivity index (χ2v) is 3.43. The number of non-ortho nitro benzene ring substituents is 1. The van der Waals surface area contributed by atoms with Gasteiger partial charge in [-0.15, -0.1) is 0 Å². The molecule has 2 N–H and O–H groups in total. The van der Waals surface area contributed by atoms with Crippen molar-refractivity contribution in [2.24, 2.45) is 0 Å². The van der Waals surface area contributed by atoms with Crippen molar-refractivity contribution in [1.29, 1.82) is 0 Å². The summed E-state index contributed by atoms with van der Waals surface area (Å²) in [4.78, 5) is 20.4. The van der Waals surface area contributed by atoms with Gasteiger partial charge in [0, 0.05) is 18.6 Å². The summed E-state index contributed by atoms with van der Waals surface area (Å²) >= 11 is 0. The molecule has 16 heavy (non-hydrogen) atoms. The fraction of sp³-hybridized carbons (Fsp3) is 0.300. The van der Waals surface area contributed by atoms with E-state index in [1.807, 2.05) is 0 Å². The molecule has 1 aromatic rings. The molecular weight excluding hydrogens is 214 g/mol. The van der Waals surface area contributed by atoms with Gasteiger partial charge in [-0.25, -0.2) is 4.79 Å². The molecule has 86 valence electrons. The van der Waals surface area contributed by atoms with E-state index in [2.05, 4.69) is 0 Å². The molecule has 0 fully saturated rings. The fourth-order valence-electron chi connectivity index (χ4n) is 1.29. The minimum absolute atomic E-state index is 0.113. The number of aryl methyl sites for hydroxylation is 1. The number of nitro benzene ring substituents is 1. The lowest BCUT2D eigenvalue weighted by atomic mass is 10.0. The fourth-order valence-corrected chi connectivity index (χ4v) is 1.29. The number of nitro groups is 1. The van der Waals surface area contributed by atoms with E-state index in [1.165, 1.54) is 18.2 Å². The van der Waals surface area contributed by atoms with E-state index in [0.717, 1.165) is 0 Å². The monoisotopic (exact) mass is 225 g/mol. The maximum atomic E-state index is 10.5. The van der Waals surface area contributed by atoms with Gasteiger partial charge in [-0.05, 0) is 18.1 Å². The van der Waals surface area contributed by atoms with Crippen LogP contribution in [-0.4, -0.2) is 27.2 Å². The number of nitrogens with zero attached hydrogens (tertiary/aromatic N) is 1. The topological polar surface area (TPSA) is 101 Å². The molecule has 0 radical (unpaired) electrons. The number of carboxylic acids is 1. The summed E-state index contributed by atoms with van der Waals surface area (Å²) < 4.78 is 0. The second-order valence-electron chi connectivity index (χ2n) is 3.43. The first kappa shape index (κ1) is 12.1. The van der Waals surface area contributed by atoms with Crippen LogP contribution in [0.2, 0.25) is 0 Å². The van der Waals surface area contributed by atoms with Crippen LogP contribution in [0.5, 0.6) is 0 Å². The molecule has 0 amide bonds. The maximum Gasteiger partial charge on any atom is 0.332 e. The number of hydrogen-bond acceptors (Lipinski definition) is 4. The Balaban J connectivity index is 2.98. The molecule has 1 unspecified atom stereocenters. The van der Waals surface area contributed by atoms with Crippen LogP contribution in [-0.2, 0) is 11.2 Å². The zero-order valence-electron chi connectivity index (χ0n) is 8.58. The largest absolute Gasteiger partial charge is 0.479 e. The van der Waals surface area contributed by atoms with Crippen LogP contribution in [0, 0.1) is 17.0 Å². The summed E-state index contributed by atoms with van der Waals surface area (Å²) in [6.45, 7) is 1.70. The van der Waals surface area contributed by atoms with Gasteiger partial charge in [0.2, 0.25) is 0 Å². The summed E-state index contributed by atoms with van der Waals surface area (Å²) in [6.07, 6.45) is -1.68. The smallest absolute Gasteiger partial charge is 0.332 e. The van der Waals surface area contributed by atoms with E-state index < -0.39 is 17.0 Å². The Hall–Kier alpha value is -1.95. The molecule has 0 saturated carbocycles. The van der Waals surface area contributed by atoms with Gasteiger partial charge in [0.1, 0.15) is 0 Å². The molecule has 0 saturated heterocycles. The minimum Gasteiger partial charge on any atom is -0.479 e. The predicted molar refractivity (Wildman–Crippen MR) is 55.2 cm³/mol. The van der Waals surface area contributed by atoms with Crippen LogP contribution in [0.4, 0.5) is 5.69 Å². The number of aliphatic carboxylic acids is 1. The van der Waals surface area contributed by atoms with Crippen molar-refractivity contribution in [3.63, 3.8) is 0 Å². The Morgan fingerprint density at radius 3 is 2.69 bits per heavy atom. The Bertz CT molecular complexity index is 429. The Morgan fingerprint density at radius 2 is 2.19 bits per heavy atom. The van der Waals surface area contributed by atoms with Crippen molar-refractivity contribution in [3.05, 3.63) is 39.4 Å². The molecule has 6 heteroatoms. The van der Waals surface area contributed by atoms with Gasteiger partial charge in [0.05, 0.1) is 4.92 Å². The Kier molecular flexibility index (Phi) is 3.57. The quantitative estimate of drug-likeness (QED) is 0.585. The van der Waals surface area contributed by atoms with Gasteiger partial charge in [-0.1, -0.05) is 6.07 Å². The van der Waals surface area contributed by atoms with Crippen molar-refractivity contribution < 1.29 is 19.9 Å². The van der Waals surface area contributed by atoms with Crippen LogP contribution < -0.4 is 0 Å². The van der Waals surface area contributed by atoms with Gasteiger partial charge < -0.3 is 10.2 Å². The summed E-state index contributed by atoms with van der Waals surface area (Å²) in [6, 6.07) is 4.15. The zero-order valence-corrected chi connectivity index (χ0v) is 8.58. The minimum atomic E-state index is -1.54. The van der Waals surface area contributed by atoms with Crippen molar-refractivity contribution in [2.75, 3.05) is 0 Å². The molecule has 0 aromatic heterocycles. The highest BCUT2D eigenvalue weighted by molar-refractivity contribution is 5.72. The number of rotatable bonds is 4. The summed E-state index contributed by atoms with van der Waals surface area (Å²) in [5, 5.41) is 28.2. The predicted octanol–water partition coefficient (Wildman–Crippen LogP) is 0.891. The van der Waals surface area contributed by atoms with E-state index in [4.69, 9.17) is 10.2 Å². The van der Waals surface area contributed by atoms with Gasteiger partial charge >= 0.3 is 5.97 Å². The number of aliphatic hydroxyl groups is 1. The number of benzene rings is 1. The molecule has 0 aliphatic rings. The van der Waals surface area contributed by atoms with Crippen molar-refractivity contribution >= 4 is 11.7 Å². The third kappa shape index (κ3) is 2.77. The van der Waals surface area contributed by atoms with Gasteiger partial charge in [0.15, 0.2) is 6.10 Å². The molecule has 0 spiro atoms. The first-order chi connectivity index (χ1) is 7.41. The normalized spacial score (nSPS) is 12.1. The molecule has 0 aliphatic heterocycles. The zero-order chi connectivity index (χ0) is 12.3. The van der Waals surface area contributed by atoms with Crippen LogP contribution in [0.3, 0.4) is 0 Å². The third-order valence-corrected chi connectivity index (χ3v) is 2.24. The lowest BCUT2D eigenvalue weighted by Crippen LogP contribution is -2.22. The molecule has 0 aliphatic carbocycles. The molecule has 1 aromatic carbocycles. The summed E-state index contributed by atoms with van der Waals surface area (Å²) in [7, 11) is 0.